The number of benzene rings is 1. The molecule has 1 amide bonds. The van der Waals surface area contributed by atoms with Gasteiger partial charge < -0.3 is 10.6 Å². The minimum Gasteiger partial charge on any atom is -0.326 e. The molecule has 0 aliphatic carbocycles. The van der Waals surface area contributed by atoms with Gasteiger partial charge >= 0.3 is 6.18 Å². The lowest BCUT2D eigenvalue weighted by Gasteiger charge is -2.14. The Balaban J connectivity index is 0.00000242. The zero-order valence-electron chi connectivity index (χ0n) is 12.1. The molecule has 3 nitrogen and oxygen atoms in total. The number of halogens is 4. The van der Waals surface area contributed by atoms with Gasteiger partial charge in [0.05, 0.1) is 0 Å². The van der Waals surface area contributed by atoms with E-state index in [-0.39, 0.29) is 30.8 Å². The fraction of sp³-hybridized carbons (Fsp3) is 0.533. The summed E-state index contributed by atoms with van der Waals surface area (Å²) in [5.41, 5.74) is 0.993. The van der Waals surface area contributed by atoms with Crippen molar-refractivity contribution in [2.24, 2.45) is 0 Å². The first-order chi connectivity index (χ1) is 9.94. The van der Waals surface area contributed by atoms with Crippen LogP contribution in [0.1, 0.15) is 31.2 Å². The molecule has 1 saturated heterocycles. The fourth-order valence-corrected chi connectivity index (χ4v) is 2.49. The molecule has 1 aliphatic heterocycles. The summed E-state index contributed by atoms with van der Waals surface area (Å²) in [5, 5.41) is 5.95. The number of nitrogens with one attached hydrogen (secondary N) is 2. The van der Waals surface area contributed by atoms with Crippen LogP contribution in [0.4, 0.5) is 18.9 Å². The SMILES string of the molecule is Cl.O=C(CC1CCCN1)Nc1ccccc1CCC(F)(F)F. The van der Waals surface area contributed by atoms with Gasteiger partial charge in [0.25, 0.3) is 0 Å². The average molecular weight is 337 g/mol. The van der Waals surface area contributed by atoms with Crippen LogP contribution in [0.15, 0.2) is 24.3 Å². The molecular formula is C15H20ClF3N2O. The maximum absolute atomic E-state index is 12.3. The van der Waals surface area contributed by atoms with Crippen LogP contribution in [0.25, 0.3) is 0 Å². The fourth-order valence-electron chi connectivity index (χ4n) is 2.49. The molecule has 22 heavy (non-hydrogen) atoms. The molecule has 1 unspecified atom stereocenters. The third-order valence-electron chi connectivity index (χ3n) is 3.56. The van der Waals surface area contributed by atoms with Gasteiger partial charge in [-0.2, -0.15) is 13.2 Å². The molecular weight excluding hydrogens is 317 g/mol. The minimum atomic E-state index is -4.19. The normalized spacial score (nSPS) is 17.9. The number of carbonyl (C=O) groups is 1. The van der Waals surface area contributed by atoms with E-state index in [0.717, 1.165) is 19.4 Å². The van der Waals surface area contributed by atoms with Crippen molar-refractivity contribution < 1.29 is 18.0 Å². The zero-order chi connectivity index (χ0) is 15.3. The number of carbonyl (C=O) groups excluding carboxylic acids is 1. The number of hydrogen-bond donors (Lipinski definition) is 2. The first-order valence-corrected chi connectivity index (χ1v) is 7.12. The average Bonchev–Trinajstić information content (AvgIpc) is 2.89. The number of para-hydroxylation sites is 1. The van der Waals surface area contributed by atoms with Crippen molar-refractivity contribution in [3.05, 3.63) is 29.8 Å². The molecule has 0 spiro atoms. The molecule has 1 aliphatic rings. The smallest absolute Gasteiger partial charge is 0.326 e. The van der Waals surface area contributed by atoms with Gasteiger partial charge in [0.15, 0.2) is 0 Å². The molecule has 0 saturated carbocycles. The second kappa shape index (κ2) is 8.39. The summed E-state index contributed by atoms with van der Waals surface area (Å²) in [6, 6.07) is 6.83. The van der Waals surface area contributed by atoms with Crippen molar-refractivity contribution in [2.75, 3.05) is 11.9 Å². The summed E-state index contributed by atoms with van der Waals surface area (Å²) in [4.78, 5) is 11.9. The monoisotopic (exact) mass is 336 g/mol. The van der Waals surface area contributed by atoms with E-state index < -0.39 is 12.6 Å². The molecule has 0 bridgehead atoms. The molecule has 2 rings (SSSR count). The van der Waals surface area contributed by atoms with Gasteiger partial charge in [-0.3, -0.25) is 4.79 Å². The Kier molecular flexibility index (Phi) is 7.16. The second-order valence-electron chi connectivity index (χ2n) is 5.32. The van der Waals surface area contributed by atoms with Gasteiger partial charge in [0, 0.05) is 24.6 Å². The molecule has 1 atom stereocenters. The Bertz CT molecular complexity index is 488. The third-order valence-corrected chi connectivity index (χ3v) is 3.56. The first-order valence-electron chi connectivity index (χ1n) is 7.12. The topological polar surface area (TPSA) is 41.1 Å². The number of aryl methyl sites for hydroxylation is 1. The van der Waals surface area contributed by atoms with E-state index in [2.05, 4.69) is 10.6 Å². The summed E-state index contributed by atoms with van der Waals surface area (Å²) in [6.07, 6.45) is -2.83. The maximum atomic E-state index is 12.3. The summed E-state index contributed by atoms with van der Waals surface area (Å²) in [5.74, 6) is -0.158. The predicted octanol–water partition coefficient (Wildman–Crippen LogP) is 3.68. The van der Waals surface area contributed by atoms with E-state index in [1.807, 2.05) is 0 Å². The van der Waals surface area contributed by atoms with E-state index in [1.165, 1.54) is 0 Å². The minimum absolute atomic E-state index is 0. The van der Waals surface area contributed by atoms with E-state index in [1.54, 1.807) is 24.3 Å². The largest absolute Gasteiger partial charge is 0.389 e. The van der Waals surface area contributed by atoms with Crippen molar-refractivity contribution in [3.63, 3.8) is 0 Å². The zero-order valence-corrected chi connectivity index (χ0v) is 12.9. The van der Waals surface area contributed by atoms with Crippen LogP contribution < -0.4 is 10.6 Å². The van der Waals surface area contributed by atoms with Gasteiger partial charge in [-0.15, -0.1) is 12.4 Å². The predicted molar refractivity (Wildman–Crippen MR) is 82.3 cm³/mol. The highest BCUT2D eigenvalue weighted by molar-refractivity contribution is 5.91. The lowest BCUT2D eigenvalue weighted by atomic mass is 10.1. The summed E-state index contributed by atoms with van der Waals surface area (Å²) in [7, 11) is 0. The number of alkyl halides is 3. The van der Waals surface area contributed by atoms with Gasteiger partial charge in [0.1, 0.15) is 0 Å². The maximum Gasteiger partial charge on any atom is 0.389 e. The van der Waals surface area contributed by atoms with Crippen LogP contribution >= 0.6 is 12.4 Å². The third kappa shape index (κ3) is 6.23. The molecule has 1 fully saturated rings. The molecule has 0 aromatic heterocycles. The Morgan fingerprint density at radius 1 is 1.32 bits per heavy atom. The van der Waals surface area contributed by atoms with Gasteiger partial charge in [0.2, 0.25) is 5.91 Å². The van der Waals surface area contributed by atoms with Crippen LogP contribution in [-0.2, 0) is 11.2 Å². The van der Waals surface area contributed by atoms with Crippen LogP contribution in [0.5, 0.6) is 0 Å². The van der Waals surface area contributed by atoms with E-state index >= 15 is 0 Å². The standard InChI is InChI=1S/C15H19F3N2O.ClH/c16-15(17,18)8-7-11-4-1-2-6-13(11)20-14(21)10-12-5-3-9-19-12;/h1-2,4,6,12,19H,3,5,7-10H2,(H,20,21);1H. The highest BCUT2D eigenvalue weighted by Gasteiger charge is 2.27. The molecule has 1 heterocycles. The van der Waals surface area contributed by atoms with Crippen LogP contribution in [0.2, 0.25) is 0 Å². The van der Waals surface area contributed by atoms with Crippen LogP contribution in [0.3, 0.4) is 0 Å². The molecule has 7 heteroatoms. The lowest BCUT2D eigenvalue weighted by molar-refractivity contribution is -0.133. The van der Waals surface area contributed by atoms with Gasteiger partial charge in [-0.05, 0) is 37.4 Å². The lowest BCUT2D eigenvalue weighted by Crippen LogP contribution is -2.27. The summed E-state index contributed by atoms with van der Waals surface area (Å²) >= 11 is 0. The van der Waals surface area contributed by atoms with Crippen molar-refractivity contribution in [2.45, 2.75) is 44.3 Å². The summed E-state index contributed by atoms with van der Waals surface area (Å²) in [6.45, 7) is 0.917. The quantitative estimate of drug-likeness (QED) is 0.861. The summed E-state index contributed by atoms with van der Waals surface area (Å²) < 4.78 is 36.9. The number of anilines is 1. The van der Waals surface area contributed by atoms with Crippen LogP contribution in [-0.4, -0.2) is 24.7 Å². The van der Waals surface area contributed by atoms with E-state index in [9.17, 15) is 18.0 Å². The molecule has 0 radical (unpaired) electrons. The number of rotatable bonds is 5. The Hall–Kier alpha value is -1.27. The molecule has 1 aromatic rings. The Morgan fingerprint density at radius 3 is 2.68 bits per heavy atom. The Morgan fingerprint density at radius 2 is 2.05 bits per heavy atom. The van der Waals surface area contributed by atoms with Crippen molar-refractivity contribution >= 4 is 24.0 Å². The highest BCUT2D eigenvalue weighted by Crippen LogP contribution is 2.25. The number of hydrogen-bond acceptors (Lipinski definition) is 2. The van der Waals surface area contributed by atoms with E-state index in [4.69, 9.17) is 0 Å². The van der Waals surface area contributed by atoms with Gasteiger partial charge in [-0.25, -0.2) is 0 Å². The second-order valence-corrected chi connectivity index (χ2v) is 5.32. The highest BCUT2D eigenvalue weighted by atomic mass is 35.5. The first kappa shape index (κ1) is 18.8. The van der Waals surface area contributed by atoms with Gasteiger partial charge in [-0.1, -0.05) is 18.2 Å². The van der Waals surface area contributed by atoms with Crippen LogP contribution in [0, 0.1) is 0 Å². The molecule has 124 valence electrons. The molecule has 2 N–H and O–H groups in total. The van der Waals surface area contributed by atoms with E-state index in [0.29, 0.717) is 17.7 Å². The Labute approximate surface area is 134 Å². The van der Waals surface area contributed by atoms with Crippen molar-refractivity contribution in [1.82, 2.24) is 5.32 Å². The van der Waals surface area contributed by atoms with Crippen molar-refractivity contribution in [1.29, 1.82) is 0 Å². The number of amides is 1. The van der Waals surface area contributed by atoms with Crippen molar-refractivity contribution in [3.8, 4) is 0 Å². The molecule has 1 aromatic carbocycles.